The van der Waals surface area contributed by atoms with Gasteiger partial charge in [0.2, 0.25) is 0 Å². The van der Waals surface area contributed by atoms with Gasteiger partial charge in [-0.25, -0.2) is 4.98 Å². The molecule has 1 aliphatic heterocycles. The minimum Gasteiger partial charge on any atom is -0.353 e. The van der Waals surface area contributed by atoms with Gasteiger partial charge in [-0.1, -0.05) is 54.6 Å². The summed E-state index contributed by atoms with van der Waals surface area (Å²) < 4.78 is 0. The van der Waals surface area contributed by atoms with Gasteiger partial charge < -0.3 is 15.2 Å². The highest BCUT2D eigenvalue weighted by molar-refractivity contribution is 6.10. The molecule has 1 fully saturated rings. The van der Waals surface area contributed by atoms with Crippen LogP contribution in [0.25, 0.3) is 0 Å². The fourth-order valence-electron chi connectivity index (χ4n) is 4.14. The summed E-state index contributed by atoms with van der Waals surface area (Å²) in [6, 6.07) is 23.6. The van der Waals surface area contributed by atoms with E-state index in [9.17, 15) is 0 Å². The van der Waals surface area contributed by atoms with Crippen molar-refractivity contribution in [2.24, 2.45) is 0 Å². The van der Waals surface area contributed by atoms with Crippen LogP contribution in [0.15, 0.2) is 72.9 Å². The van der Waals surface area contributed by atoms with Gasteiger partial charge in [0.1, 0.15) is 17.7 Å². The first-order valence-corrected chi connectivity index (χ1v) is 10.7. The van der Waals surface area contributed by atoms with E-state index in [0.717, 1.165) is 35.6 Å². The first-order chi connectivity index (χ1) is 15.6. The van der Waals surface area contributed by atoms with E-state index in [4.69, 9.17) is 16.1 Å². The van der Waals surface area contributed by atoms with Gasteiger partial charge in [-0.2, -0.15) is 5.26 Å². The van der Waals surface area contributed by atoms with Crippen molar-refractivity contribution < 1.29 is 0 Å². The molecule has 0 radical (unpaired) electrons. The Hall–Kier alpha value is -3.98. The van der Waals surface area contributed by atoms with Gasteiger partial charge in [0.05, 0.1) is 5.56 Å². The topological polar surface area (TPSA) is 90.9 Å². The molecule has 1 aromatic heterocycles. The van der Waals surface area contributed by atoms with Crippen molar-refractivity contribution in [3.63, 3.8) is 0 Å². The summed E-state index contributed by atoms with van der Waals surface area (Å²) in [7, 11) is 0. The maximum atomic E-state index is 8.98. The number of hydrogen-bond acceptors (Lipinski definition) is 5. The predicted octanol–water partition coefficient (Wildman–Crippen LogP) is 4.10. The van der Waals surface area contributed by atoms with Crippen LogP contribution in [-0.4, -0.2) is 47.1 Å². The van der Waals surface area contributed by atoms with Crippen LogP contribution >= 0.6 is 0 Å². The first-order valence-electron chi connectivity index (χ1n) is 10.7. The zero-order chi connectivity index (χ0) is 22.5. The molecular weight excluding hydrogens is 396 g/mol. The summed E-state index contributed by atoms with van der Waals surface area (Å²) in [5.41, 5.74) is 3.77. The normalized spacial score (nSPS) is 15.8. The first kappa shape index (κ1) is 21.3. The summed E-state index contributed by atoms with van der Waals surface area (Å²) in [5.74, 6) is 1.31. The Morgan fingerprint density at radius 2 is 1.72 bits per heavy atom. The molecule has 0 bridgehead atoms. The number of pyridine rings is 1. The second kappa shape index (κ2) is 9.44. The van der Waals surface area contributed by atoms with Gasteiger partial charge in [-0.05, 0) is 24.6 Å². The van der Waals surface area contributed by atoms with Gasteiger partial charge >= 0.3 is 0 Å². The average Bonchev–Trinajstić information content (AvgIpc) is 2.84. The second-order valence-corrected chi connectivity index (χ2v) is 8.04. The van der Waals surface area contributed by atoms with Crippen LogP contribution in [0, 0.1) is 22.1 Å². The van der Waals surface area contributed by atoms with Gasteiger partial charge in [0.25, 0.3) is 0 Å². The highest BCUT2D eigenvalue weighted by atomic mass is 15.3. The number of rotatable bonds is 5. The summed E-state index contributed by atoms with van der Waals surface area (Å²) >= 11 is 0. The van der Waals surface area contributed by atoms with Crippen molar-refractivity contribution in [1.82, 2.24) is 9.88 Å². The van der Waals surface area contributed by atoms with E-state index in [1.54, 1.807) is 12.3 Å². The summed E-state index contributed by atoms with van der Waals surface area (Å²) in [5, 5.41) is 26.6. The lowest BCUT2D eigenvalue weighted by Crippen LogP contribution is -2.54. The Labute approximate surface area is 188 Å². The van der Waals surface area contributed by atoms with Crippen LogP contribution in [0.3, 0.4) is 0 Å². The second-order valence-electron chi connectivity index (χ2n) is 8.04. The summed E-state index contributed by atoms with van der Waals surface area (Å²) in [6.45, 7) is 4.30. The third-order valence-electron chi connectivity index (χ3n) is 5.85. The van der Waals surface area contributed by atoms with Crippen LogP contribution in [0.4, 0.5) is 5.82 Å². The molecule has 2 N–H and O–H groups in total. The molecule has 6 nitrogen and oxygen atoms in total. The Kier molecular flexibility index (Phi) is 6.27. The lowest BCUT2D eigenvalue weighted by atomic mass is 9.96. The van der Waals surface area contributed by atoms with E-state index in [1.807, 2.05) is 60.7 Å². The number of anilines is 1. The van der Waals surface area contributed by atoms with Crippen LogP contribution in [0.5, 0.6) is 0 Å². The molecule has 160 valence electrons. The molecule has 2 aromatic carbocycles. The van der Waals surface area contributed by atoms with E-state index in [1.165, 1.54) is 0 Å². The van der Waals surface area contributed by atoms with E-state index in [2.05, 4.69) is 27.8 Å². The Morgan fingerprint density at radius 1 is 1.00 bits per heavy atom. The Bertz CT molecular complexity index is 1150. The number of hydrogen-bond donors (Lipinski definition) is 2. The fourth-order valence-corrected chi connectivity index (χ4v) is 4.14. The number of amidine groups is 1. The van der Waals surface area contributed by atoms with Gasteiger partial charge in [-0.15, -0.1) is 0 Å². The smallest absolute Gasteiger partial charge is 0.129 e. The average molecular weight is 423 g/mol. The van der Waals surface area contributed by atoms with E-state index >= 15 is 0 Å². The molecule has 0 unspecified atom stereocenters. The van der Waals surface area contributed by atoms with Crippen molar-refractivity contribution in [3.05, 3.63) is 95.2 Å². The Morgan fingerprint density at radius 3 is 2.38 bits per heavy atom. The zero-order valence-corrected chi connectivity index (χ0v) is 18.1. The van der Waals surface area contributed by atoms with Crippen molar-refractivity contribution in [3.8, 4) is 6.07 Å². The molecule has 1 aliphatic rings. The number of nitriles is 1. The van der Waals surface area contributed by atoms with Crippen LogP contribution < -0.4 is 4.90 Å². The van der Waals surface area contributed by atoms with Crippen molar-refractivity contribution in [1.29, 1.82) is 16.1 Å². The van der Waals surface area contributed by atoms with Crippen LogP contribution in [0.1, 0.15) is 29.2 Å². The summed E-state index contributed by atoms with van der Waals surface area (Å²) in [6.07, 6.45) is 2.14. The fraction of sp³-hybridized carbons (Fsp3) is 0.231. The summed E-state index contributed by atoms with van der Waals surface area (Å²) in [4.78, 5) is 8.72. The molecular formula is C26H26N6. The molecule has 1 atom stereocenters. The number of benzene rings is 2. The molecule has 3 aromatic rings. The molecule has 6 heteroatoms. The Balaban J connectivity index is 1.49. The lowest BCUT2D eigenvalue weighted by molar-refractivity contribution is 0.296. The third-order valence-corrected chi connectivity index (χ3v) is 5.85. The van der Waals surface area contributed by atoms with Gasteiger partial charge in [0.15, 0.2) is 0 Å². The maximum absolute atomic E-state index is 8.98. The number of nitrogens with one attached hydrogen (secondary N) is 2. The standard InChI is InChI=1S/C26H26N6/c1-19-18-31(25-12-11-21(16-27)17-30-25)13-14-32(19)26(29)23-10-6-5-9-22(23)24(28)15-20-7-3-2-4-8-20/h2-12,17,19,28-29H,13-15,18H2,1H3/t19-/m1/s1. The quantitative estimate of drug-likeness (QED) is 0.478. The molecule has 1 saturated heterocycles. The highest BCUT2D eigenvalue weighted by Crippen LogP contribution is 2.21. The molecule has 4 rings (SSSR count). The molecule has 0 spiro atoms. The molecule has 0 saturated carbocycles. The maximum Gasteiger partial charge on any atom is 0.129 e. The largest absolute Gasteiger partial charge is 0.353 e. The highest BCUT2D eigenvalue weighted by Gasteiger charge is 2.28. The van der Waals surface area contributed by atoms with E-state index in [-0.39, 0.29) is 6.04 Å². The lowest BCUT2D eigenvalue weighted by Gasteiger charge is -2.42. The molecule has 32 heavy (non-hydrogen) atoms. The molecule has 0 aliphatic carbocycles. The van der Waals surface area contributed by atoms with Gasteiger partial charge in [0, 0.05) is 55.1 Å². The molecule has 2 heterocycles. The minimum absolute atomic E-state index is 0.116. The van der Waals surface area contributed by atoms with Crippen LogP contribution in [-0.2, 0) is 6.42 Å². The van der Waals surface area contributed by atoms with E-state index < -0.39 is 0 Å². The minimum atomic E-state index is 0.116. The van der Waals surface area contributed by atoms with Gasteiger partial charge in [-0.3, -0.25) is 5.41 Å². The molecule has 0 amide bonds. The van der Waals surface area contributed by atoms with Crippen LogP contribution in [0.2, 0.25) is 0 Å². The number of aromatic nitrogens is 1. The van der Waals surface area contributed by atoms with Crippen molar-refractivity contribution in [2.45, 2.75) is 19.4 Å². The third kappa shape index (κ3) is 4.52. The number of piperazine rings is 1. The van der Waals surface area contributed by atoms with Crippen molar-refractivity contribution >= 4 is 17.4 Å². The van der Waals surface area contributed by atoms with Crippen molar-refractivity contribution in [2.75, 3.05) is 24.5 Å². The number of nitrogens with zero attached hydrogens (tertiary/aromatic N) is 4. The zero-order valence-electron chi connectivity index (χ0n) is 18.1. The monoisotopic (exact) mass is 422 g/mol. The predicted molar refractivity (Wildman–Crippen MR) is 128 cm³/mol. The van der Waals surface area contributed by atoms with E-state index in [0.29, 0.717) is 30.1 Å². The SMILES string of the molecule is C[C@@H]1CN(c2ccc(C#N)cn2)CCN1C(=N)c1ccccc1C(=N)Cc1ccccc1.